The highest BCUT2D eigenvalue weighted by atomic mass is 19.4. The number of halogens is 3. The van der Waals surface area contributed by atoms with E-state index in [-0.39, 0.29) is 31.5 Å². The van der Waals surface area contributed by atoms with E-state index in [1.807, 2.05) is 0 Å². The number of aromatic nitrogens is 3. The molecule has 0 radical (unpaired) electrons. The zero-order valence-electron chi connectivity index (χ0n) is 10.8. The Kier molecular flexibility index (Phi) is 4.12. The quantitative estimate of drug-likeness (QED) is 0.822. The predicted molar refractivity (Wildman–Crippen MR) is 60.7 cm³/mol. The minimum absolute atomic E-state index is 0.00188. The molecule has 0 spiro atoms. The van der Waals surface area contributed by atoms with Crippen LogP contribution in [0.3, 0.4) is 0 Å². The summed E-state index contributed by atoms with van der Waals surface area (Å²) in [4.78, 5) is 13.2. The molecule has 1 aliphatic rings. The number of fused-ring (bicyclic) bond motifs is 1. The first-order chi connectivity index (χ1) is 9.43. The second-order valence-electron chi connectivity index (χ2n) is 4.24. The number of carbonyl (C=O) groups excluding carboxylic acids is 1. The van der Waals surface area contributed by atoms with Gasteiger partial charge in [0.05, 0.1) is 13.2 Å². The summed E-state index contributed by atoms with van der Waals surface area (Å²) in [5.41, 5.74) is 0. The molecule has 1 aromatic heterocycles. The fourth-order valence-corrected chi connectivity index (χ4v) is 1.91. The van der Waals surface area contributed by atoms with Crippen molar-refractivity contribution in [2.45, 2.75) is 19.3 Å². The summed E-state index contributed by atoms with van der Waals surface area (Å²) in [5.74, 6) is -0.891. The normalized spacial score (nSPS) is 15.1. The average molecular weight is 293 g/mol. The minimum atomic E-state index is -4.53. The van der Waals surface area contributed by atoms with Crippen molar-refractivity contribution in [1.82, 2.24) is 25.0 Å². The van der Waals surface area contributed by atoms with Crippen LogP contribution in [0.15, 0.2) is 0 Å². The maximum atomic E-state index is 12.6. The van der Waals surface area contributed by atoms with E-state index in [9.17, 15) is 18.0 Å². The maximum absolute atomic E-state index is 12.6. The average Bonchev–Trinajstić information content (AvgIpc) is 2.81. The largest absolute Gasteiger partial charge is 0.451 e. The van der Waals surface area contributed by atoms with Gasteiger partial charge in [0.25, 0.3) is 0 Å². The van der Waals surface area contributed by atoms with E-state index in [0.29, 0.717) is 13.2 Å². The molecule has 2 rings (SSSR count). The summed E-state index contributed by atoms with van der Waals surface area (Å²) in [5, 5.41) is 9.25. The highest BCUT2D eigenvalue weighted by Gasteiger charge is 2.39. The molecule has 0 fully saturated rings. The van der Waals surface area contributed by atoms with Crippen LogP contribution in [-0.2, 0) is 24.0 Å². The van der Waals surface area contributed by atoms with E-state index in [0.717, 1.165) is 4.57 Å². The highest BCUT2D eigenvalue weighted by molar-refractivity contribution is 5.74. The van der Waals surface area contributed by atoms with Gasteiger partial charge in [0.15, 0.2) is 5.82 Å². The molecular weight excluding hydrogens is 279 g/mol. The van der Waals surface area contributed by atoms with Gasteiger partial charge in [0.1, 0.15) is 0 Å². The molecule has 0 aromatic carbocycles. The molecular formula is C10H14F3N5O2. The van der Waals surface area contributed by atoms with E-state index in [4.69, 9.17) is 4.74 Å². The van der Waals surface area contributed by atoms with E-state index in [2.05, 4.69) is 15.5 Å². The second kappa shape index (κ2) is 5.65. The molecule has 2 heterocycles. The summed E-state index contributed by atoms with van der Waals surface area (Å²) in [6, 6.07) is -0.357. The Bertz CT molecular complexity index is 488. The summed E-state index contributed by atoms with van der Waals surface area (Å²) >= 11 is 0. The molecule has 0 bridgehead atoms. The van der Waals surface area contributed by atoms with Gasteiger partial charge in [-0.1, -0.05) is 0 Å². The molecule has 1 aliphatic heterocycles. The predicted octanol–water partition coefficient (Wildman–Crippen LogP) is 0.468. The van der Waals surface area contributed by atoms with Crippen molar-refractivity contribution in [3.05, 3.63) is 11.6 Å². The lowest BCUT2D eigenvalue weighted by atomic mass is 10.3. The van der Waals surface area contributed by atoms with Crippen LogP contribution in [0.5, 0.6) is 0 Å². The van der Waals surface area contributed by atoms with Crippen LogP contribution in [0.2, 0.25) is 0 Å². The zero-order valence-corrected chi connectivity index (χ0v) is 10.8. The van der Waals surface area contributed by atoms with Crippen molar-refractivity contribution < 1.29 is 22.7 Å². The lowest BCUT2D eigenvalue weighted by molar-refractivity contribution is -0.147. The SMILES string of the molecule is COCCNC(=O)N1CCn2c(nnc2C(F)(F)F)C1. The lowest BCUT2D eigenvalue weighted by Gasteiger charge is -2.28. The first kappa shape index (κ1) is 14.6. The standard InChI is InChI=1S/C10H14F3N5O2/c1-20-5-2-14-9(19)17-3-4-18-7(6-17)15-16-8(18)10(11,12)13/h2-6H2,1H3,(H,14,19). The van der Waals surface area contributed by atoms with Gasteiger partial charge in [-0.3, -0.25) is 0 Å². The van der Waals surface area contributed by atoms with Crippen molar-refractivity contribution in [3.63, 3.8) is 0 Å². The number of rotatable bonds is 3. The van der Waals surface area contributed by atoms with Gasteiger partial charge in [0, 0.05) is 26.7 Å². The highest BCUT2D eigenvalue weighted by Crippen LogP contribution is 2.29. The van der Waals surface area contributed by atoms with Crippen molar-refractivity contribution in [1.29, 1.82) is 0 Å². The number of nitrogens with zero attached hydrogens (tertiary/aromatic N) is 4. The van der Waals surface area contributed by atoms with Crippen molar-refractivity contribution in [3.8, 4) is 0 Å². The molecule has 1 N–H and O–H groups in total. The first-order valence-corrected chi connectivity index (χ1v) is 5.94. The number of ether oxygens (including phenoxy) is 1. The van der Waals surface area contributed by atoms with E-state index < -0.39 is 12.0 Å². The Labute approximate surface area is 112 Å². The van der Waals surface area contributed by atoms with Gasteiger partial charge in [-0.05, 0) is 0 Å². The van der Waals surface area contributed by atoms with Gasteiger partial charge in [0.2, 0.25) is 5.82 Å². The van der Waals surface area contributed by atoms with E-state index in [1.165, 1.54) is 12.0 Å². The Morgan fingerprint density at radius 3 is 2.80 bits per heavy atom. The zero-order chi connectivity index (χ0) is 14.8. The Morgan fingerprint density at radius 2 is 2.15 bits per heavy atom. The third kappa shape index (κ3) is 3.00. The topological polar surface area (TPSA) is 72.3 Å². The van der Waals surface area contributed by atoms with Crippen LogP contribution in [0.1, 0.15) is 11.6 Å². The van der Waals surface area contributed by atoms with Gasteiger partial charge < -0.3 is 19.5 Å². The molecule has 0 saturated carbocycles. The monoisotopic (exact) mass is 293 g/mol. The smallest absolute Gasteiger partial charge is 0.383 e. The van der Waals surface area contributed by atoms with Crippen molar-refractivity contribution in [2.24, 2.45) is 0 Å². The number of urea groups is 1. The van der Waals surface area contributed by atoms with E-state index >= 15 is 0 Å². The molecule has 0 unspecified atom stereocenters. The Hall–Kier alpha value is -1.84. The maximum Gasteiger partial charge on any atom is 0.451 e. The lowest BCUT2D eigenvalue weighted by Crippen LogP contribution is -2.45. The van der Waals surface area contributed by atoms with Crippen LogP contribution in [0, 0.1) is 0 Å². The number of methoxy groups -OCH3 is 1. The first-order valence-electron chi connectivity index (χ1n) is 5.94. The summed E-state index contributed by atoms with van der Waals surface area (Å²) < 4.78 is 43.7. The number of hydrogen-bond acceptors (Lipinski definition) is 4. The number of carbonyl (C=O) groups is 1. The molecule has 0 atom stereocenters. The van der Waals surface area contributed by atoms with E-state index in [1.54, 1.807) is 0 Å². The van der Waals surface area contributed by atoms with Crippen molar-refractivity contribution in [2.75, 3.05) is 26.8 Å². The van der Waals surface area contributed by atoms with Gasteiger partial charge in [-0.2, -0.15) is 13.2 Å². The van der Waals surface area contributed by atoms with Crippen molar-refractivity contribution >= 4 is 6.03 Å². The fourth-order valence-electron chi connectivity index (χ4n) is 1.91. The molecule has 2 amide bonds. The molecule has 7 nitrogen and oxygen atoms in total. The third-order valence-electron chi connectivity index (χ3n) is 2.88. The molecule has 112 valence electrons. The van der Waals surface area contributed by atoms with Crippen LogP contribution in [-0.4, -0.2) is 52.5 Å². The molecule has 10 heteroatoms. The Morgan fingerprint density at radius 1 is 1.40 bits per heavy atom. The number of alkyl halides is 3. The molecule has 1 aromatic rings. The number of amides is 2. The minimum Gasteiger partial charge on any atom is -0.383 e. The van der Waals surface area contributed by atoms with Gasteiger partial charge in [-0.15, -0.1) is 10.2 Å². The third-order valence-corrected chi connectivity index (χ3v) is 2.88. The summed E-state index contributed by atoms with van der Waals surface area (Å²) in [7, 11) is 1.51. The summed E-state index contributed by atoms with van der Waals surface area (Å²) in [6.45, 7) is 0.907. The second-order valence-corrected chi connectivity index (χ2v) is 4.24. The number of hydrogen-bond donors (Lipinski definition) is 1. The number of nitrogens with one attached hydrogen (secondary N) is 1. The van der Waals surface area contributed by atoms with Gasteiger partial charge >= 0.3 is 12.2 Å². The molecule has 0 saturated heterocycles. The Balaban J connectivity index is 2.02. The fraction of sp³-hybridized carbons (Fsp3) is 0.700. The van der Waals surface area contributed by atoms with Crippen LogP contribution < -0.4 is 5.32 Å². The van der Waals surface area contributed by atoms with Crippen LogP contribution in [0.4, 0.5) is 18.0 Å². The van der Waals surface area contributed by atoms with Crippen LogP contribution in [0.25, 0.3) is 0 Å². The van der Waals surface area contributed by atoms with Gasteiger partial charge in [-0.25, -0.2) is 4.79 Å². The molecule has 20 heavy (non-hydrogen) atoms. The molecule has 0 aliphatic carbocycles. The van der Waals surface area contributed by atoms with Crippen LogP contribution >= 0.6 is 0 Å². The summed E-state index contributed by atoms with van der Waals surface area (Å²) in [6.07, 6.45) is -4.53.